The fourth-order valence-electron chi connectivity index (χ4n) is 2.09. The Hall–Kier alpha value is -2.91. The number of aromatic nitrogens is 2. The van der Waals surface area contributed by atoms with Crippen molar-refractivity contribution in [2.45, 2.75) is 39.0 Å². The number of hydrogen-bond donors (Lipinski definition) is 2. The average molecular weight is 369 g/mol. The van der Waals surface area contributed by atoms with Crippen molar-refractivity contribution in [2.75, 3.05) is 10.6 Å². The summed E-state index contributed by atoms with van der Waals surface area (Å²) in [7, 11) is 0. The lowest BCUT2D eigenvalue weighted by atomic mass is 10.2. The van der Waals surface area contributed by atoms with E-state index >= 15 is 0 Å². The van der Waals surface area contributed by atoms with Gasteiger partial charge in [0.05, 0.1) is 4.92 Å². The van der Waals surface area contributed by atoms with E-state index in [4.69, 9.17) is 0 Å². The highest BCUT2D eigenvalue weighted by atomic mass is 19.4. The van der Waals surface area contributed by atoms with E-state index in [0.29, 0.717) is 12.0 Å². The Bertz CT molecular complexity index is 783. The third-order valence-electron chi connectivity index (χ3n) is 3.65. The molecule has 140 valence electrons. The molecular weight excluding hydrogens is 351 g/mol. The summed E-state index contributed by atoms with van der Waals surface area (Å²) >= 11 is 0. The minimum absolute atomic E-state index is 0.0474. The molecule has 1 aromatic carbocycles. The zero-order valence-electron chi connectivity index (χ0n) is 14.2. The number of halogens is 3. The molecule has 0 amide bonds. The Kier molecular flexibility index (Phi) is 5.96. The van der Waals surface area contributed by atoms with Gasteiger partial charge in [-0.15, -0.1) is 0 Å². The second-order valence-electron chi connectivity index (χ2n) is 5.65. The Labute approximate surface area is 147 Å². The van der Waals surface area contributed by atoms with Crippen LogP contribution in [0.5, 0.6) is 0 Å². The highest BCUT2D eigenvalue weighted by Gasteiger charge is 2.34. The SMILES string of the molecule is CC[C@H](C)Nc1nc(NCc2ccccc2[N+](=O)[O-])cc(C(F)(F)F)n1. The summed E-state index contributed by atoms with van der Waals surface area (Å²) in [5.41, 5.74) is -0.882. The van der Waals surface area contributed by atoms with Crippen LogP contribution in [0.4, 0.5) is 30.6 Å². The number of benzene rings is 1. The summed E-state index contributed by atoms with van der Waals surface area (Å²) in [6, 6.07) is 6.64. The summed E-state index contributed by atoms with van der Waals surface area (Å²) in [5.74, 6) is -0.226. The van der Waals surface area contributed by atoms with Crippen molar-refractivity contribution < 1.29 is 18.1 Å². The molecule has 1 aromatic heterocycles. The molecule has 7 nitrogen and oxygen atoms in total. The van der Waals surface area contributed by atoms with E-state index in [-0.39, 0.29) is 30.0 Å². The van der Waals surface area contributed by atoms with Crippen molar-refractivity contribution >= 4 is 17.5 Å². The minimum atomic E-state index is -4.63. The molecule has 1 heterocycles. The van der Waals surface area contributed by atoms with Gasteiger partial charge in [0.1, 0.15) is 5.82 Å². The van der Waals surface area contributed by atoms with Crippen molar-refractivity contribution in [3.05, 3.63) is 51.7 Å². The molecular formula is C16H18F3N5O2. The Morgan fingerprint density at radius 1 is 1.27 bits per heavy atom. The first-order chi connectivity index (χ1) is 12.2. The van der Waals surface area contributed by atoms with Crippen molar-refractivity contribution in [3.8, 4) is 0 Å². The quantitative estimate of drug-likeness (QED) is 0.560. The molecule has 0 fully saturated rings. The number of nitrogens with zero attached hydrogens (tertiary/aromatic N) is 3. The Balaban J connectivity index is 2.28. The molecule has 0 aliphatic rings. The summed E-state index contributed by atoms with van der Waals surface area (Å²) < 4.78 is 39.2. The third kappa shape index (κ3) is 5.04. The summed E-state index contributed by atoms with van der Waals surface area (Å²) in [4.78, 5) is 18.0. The van der Waals surface area contributed by atoms with Crippen LogP contribution in [-0.4, -0.2) is 20.9 Å². The van der Waals surface area contributed by atoms with Crippen LogP contribution in [0.15, 0.2) is 30.3 Å². The lowest BCUT2D eigenvalue weighted by Gasteiger charge is -2.15. The number of para-hydroxylation sites is 1. The van der Waals surface area contributed by atoms with E-state index in [0.717, 1.165) is 6.07 Å². The minimum Gasteiger partial charge on any atom is -0.366 e. The zero-order chi connectivity index (χ0) is 19.3. The normalized spacial score (nSPS) is 12.5. The first-order valence-corrected chi connectivity index (χ1v) is 7.89. The third-order valence-corrected chi connectivity index (χ3v) is 3.65. The number of rotatable bonds is 7. The first-order valence-electron chi connectivity index (χ1n) is 7.89. The number of anilines is 2. The maximum Gasteiger partial charge on any atom is 0.433 e. The molecule has 0 aliphatic heterocycles. The Morgan fingerprint density at radius 2 is 1.96 bits per heavy atom. The van der Waals surface area contributed by atoms with Gasteiger partial charge in [-0.25, -0.2) is 4.98 Å². The smallest absolute Gasteiger partial charge is 0.366 e. The Morgan fingerprint density at radius 3 is 2.58 bits per heavy atom. The van der Waals surface area contributed by atoms with Gasteiger partial charge in [-0.05, 0) is 13.3 Å². The molecule has 2 rings (SSSR count). The van der Waals surface area contributed by atoms with Crippen LogP contribution >= 0.6 is 0 Å². The van der Waals surface area contributed by atoms with E-state index in [9.17, 15) is 23.3 Å². The van der Waals surface area contributed by atoms with Crippen molar-refractivity contribution in [1.82, 2.24) is 9.97 Å². The molecule has 0 unspecified atom stereocenters. The fourth-order valence-corrected chi connectivity index (χ4v) is 2.09. The van der Waals surface area contributed by atoms with Crippen LogP contribution in [0.1, 0.15) is 31.5 Å². The fraction of sp³-hybridized carbons (Fsp3) is 0.375. The van der Waals surface area contributed by atoms with E-state index < -0.39 is 16.8 Å². The van der Waals surface area contributed by atoms with Crippen LogP contribution in [-0.2, 0) is 12.7 Å². The monoisotopic (exact) mass is 369 g/mol. The molecule has 2 aromatic rings. The number of nitro groups is 1. The first kappa shape index (κ1) is 19.4. The predicted molar refractivity (Wildman–Crippen MR) is 90.8 cm³/mol. The molecule has 0 saturated heterocycles. The van der Waals surface area contributed by atoms with Gasteiger partial charge in [-0.2, -0.15) is 18.2 Å². The van der Waals surface area contributed by atoms with E-state index in [1.807, 2.05) is 6.92 Å². The largest absolute Gasteiger partial charge is 0.433 e. The van der Waals surface area contributed by atoms with Gasteiger partial charge < -0.3 is 10.6 Å². The number of nitrogens with one attached hydrogen (secondary N) is 2. The summed E-state index contributed by atoms with van der Waals surface area (Å²) in [6.07, 6.45) is -3.96. The van der Waals surface area contributed by atoms with Crippen LogP contribution < -0.4 is 10.6 Å². The molecule has 0 spiro atoms. The van der Waals surface area contributed by atoms with Crippen molar-refractivity contribution in [3.63, 3.8) is 0 Å². The molecule has 0 bridgehead atoms. The van der Waals surface area contributed by atoms with E-state index in [2.05, 4.69) is 20.6 Å². The van der Waals surface area contributed by atoms with Gasteiger partial charge in [0, 0.05) is 30.3 Å². The second-order valence-corrected chi connectivity index (χ2v) is 5.65. The summed E-state index contributed by atoms with van der Waals surface area (Å²) in [6.45, 7) is 3.62. The molecule has 2 N–H and O–H groups in total. The van der Waals surface area contributed by atoms with E-state index in [1.54, 1.807) is 13.0 Å². The molecule has 0 saturated carbocycles. The molecule has 0 aliphatic carbocycles. The molecule has 1 atom stereocenters. The average Bonchev–Trinajstić information content (AvgIpc) is 2.59. The summed E-state index contributed by atoms with van der Waals surface area (Å²) in [5, 5.41) is 16.5. The van der Waals surface area contributed by atoms with Gasteiger partial charge in [0.15, 0.2) is 5.69 Å². The highest BCUT2D eigenvalue weighted by molar-refractivity contribution is 5.47. The van der Waals surface area contributed by atoms with Crippen LogP contribution in [0.2, 0.25) is 0 Å². The van der Waals surface area contributed by atoms with Gasteiger partial charge in [0.2, 0.25) is 5.95 Å². The lowest BCUT2D eigenvalue weighted by Crippen LogP contribution is -2.19. The topological polar surface area (TPSA) is 93.0 Å². The second kappa shape index (κ2) is 7.98. The molecule has 26 heavy (non-hydrogen) atoms. The maximum absolute atomic E-state index is 13.1. The predicted octanol–water partition coefficient (Wildman–Crippen LogP) is 4.23. The number of nitro benzene ring substituents is 1. The van der Waals surface area contributed by atoms with Gasteiger partial charge in [0.25, 0.3) is 5.69 Å². The zero-order valence-corrected chi connectivity index (χ0v) is 14.2. The number of hydrogen-bond acceptors (Lipinski definition) is 6. The highest BCUT2D eigenvalue weighted by Crippen LogP contribution is 2.30. The van der Waals surface area contributed by atoms with Crippen LogP contribution in [0, 0.1) is 10.1 Å². The van der Waals surface area contributed by atoms with E-state index in [1.165, 1.54) is 18.2 Å². The maximum atomic E-state index is 13.1. The van der Waals surface area contributed by atoms with Crippen LogP contribution in [0.3, 0.4) is 0 Å². The molecule has 10 heteroatoms. The molecule has 0 radical (unpaired) electrons. The number of alkyl halides is 3. The van der Waals surface area contributed by atoms with Crippen molar-refractivity contribution in [2.24, 2.45) is 0 Å². The van der Waals surface area contributed by atoms with Crippen molar-refractivity contribution in [1.29, 1.82) is 0 Å². The van der Waals surface area contributed by atoms with Gasteiger partial charge >= 0.3 is 6.18 Å². The standard InChI is InChI=1S/C16H18F3N5O2/c1-3-10(2)21-15-22-13(16(17,18)19)8-14(23-15)20-9-11-6-4-5-7-12(11)24(25)26/h4-8,10H,3,9H2,1-2H3,(H2,20,21,22,23)/t10-/m0/s1. The van der Waals surface area contributed by atoms with Gasteiger partial charge in [-0.1, -0.05) is 25.1 Å². The lowest BCUT2D eigenvalue weighted by molar-refractivity contribution is -0.385. The van der Waals surface area contributed by atoms with Gasteiger partial charge in [-0.3, -0.25) is 10.1 Å². The van der Waals surface area contributed by atoms with Crippen LogP contribution in [0.25, 0.3) is 0 Å².